The zero-order valence-electron chi connectivity index (χ0n) is 4.04. The molecule has 44 valence electrons. The van der Waals surface area contributed by atoms with Gasteiger partial charge in [-0.2, -0.15) is 0 Å². The first-order valence-corrected chi connectivity index (χ1v) is 2.48. The molecule has 0 saturated carbocycles. The second kappa shape index (κ2) is 4.43. The lowest BCUT2D eigenvalue weighted by atomic mass is 10.5. The molecule has 0 aromatic carbocycles. The van der Waals surface area contributed by atoms with Gasteiger partial charge < -0.3 is 0 Å². The average molecular weight is 134 g/mol. The van der Waals surface area contributed by atoms with Crippen molar-refractivity contribution < 1.29 is 4.79 Å². The summed E-state index contributed by atoms with van der Waals surface area (Å²) in [5.74, 6) is -0.305. The van der Waals surface area contributed by atoms with E-state index in [2.05, 4.69) is 10.0 Å². The van der Waals surface area contributed by atoms with E-state index in [0.717, 1.165) is 0 Å². The molecule has 5 heteroatoms. The van der Waals surface area contributed by atoms with Crippen molar-refractivity contribution in [3.8, 4) is 0 Å². The van der Waals surface area contributed by atoms with E-state index in [1.165, 1.54) is 0 Å². The maximum Gasteiger partial charge on any atom is 0.220 e. The summed E-state index contributed by atoms with van der Waals surface area (Å²) in [4.78, 5) is 12.4. The van der Waals surface area contributed by atoms with Crippen molar-refractivity contribution in [1.29, 1.82) is 0 Å². The van der Waals surface area contributed by atoms with Crippen LogP contribution in [0.15, 0.2) is 5.11 Å². The van der Waals surface area contributed by atoms with Gasteiger partial charge in [0.15, 0.2) is 0 Å². The van der Waals surface area contributed by atoms with Gasteiger partial charge in [0.1, 0.15) is 0 Å². The van der Waals surface area contributed by atoms with Crippen LogP contribution in [0.3, 0.4) is 0 Å². The molecule has 8 heavy (non-hydrogen) atoms. The van der Waals surface area contributed by atoms with Crippen molar-refractivity contribution in [1.82, 2.24) is 0 Å². The molecule has 0 saturated heterocycles. The zero-order valence-corrected chi connectivity index (χ0v) is 4.80. The summed E-state index contributed by atoms with van der Waals surface area (Å²) in [7, 11) is 0. The summed E-state index contributed by atoms with van der Waals surface area (Å²) < 4.78 is 0. The van der Waals surface area contributed by atoms with Crippen LogP contribution in [0.4, 0.5) is 0 Å². The number of carbonyl (C=O) groups is 1. The molecular weight excluding hydrogens is 130 g/mol. The van der Waals surface area contributed by atoms with Crippen molar-refractivity contribution in [2.24, 2.45) is 5.11 Å². The average Bonchev–Trinajstić information content (AvgIpc) is 1.68. The van der Waals surface area contributed by atoms with E-state index in [0.29, 0.717) is 0 Å². The third kappa shape index (κ3) is 3.46. The molecule has 0 rings (SSSR count). The minimum absolute atomic E-state index is 0.117. The minimum atomic E-state index is -0.512. The number of azide groups is 1. The number of hydrogen-bond acceptors (Lipinski definition) is 1. The summed E-state index contributed by atoms with van der Waals surface area (Å²) in [5.41, 5.74) is 7.66. The topological polar surface area (TPSA) is 65.8 Å². The normalized spacial score (nSPS) is 7.62. The van der Waals surface area contributed by atoms with Crippen LogP contribution in [0.2, 0.25) is 0 Å². The molecule has 0 radical (unpaired) electrons. The van der Waals surface area contributed by atoms with E-state index in [1.807, 2.05) is 0 Å². The first kappa shape index (κ1) is 7.27. The summed E-state index contributed by atoms with van der Waals surface area (Å²) in [6.45, 7) is 0. The highest BCUT2D eigenvalue weighted by molar-refractivity contribution is 6.18. The number of nitrogens with zero attached hydrogens (tertiary/aromatic N) is 3. The zero-order chi connectivity index (χ0) is 6.41. The standard InChI is InChI=1S/C3H4ClN3O/c4-2-1-3(8)6-7-5/h1-2H2. The molecule has 0 spiro atoms. The van der Waals surface area contributed by atoms with E-state index in [-0.39, 0.29) is 12.3 Å². The van der Waals surface area contributed by atoms with Crippen LogP contribution in [0.5, 0.6) is 0 Å². The van der Waals surface area contributed by atoms with Gasteiger partial charge in [0, 0.05) is 17.2 Å². The molecule has 0 aromatic rings. The lowest BCUT2D eigenvalue weighted by molar-refractivity contribution is -0.117. The molecule has 4 nitrogen and oxygen atoms in total. The van der Waals surface area contributed by atoms with Gasteiger partial charge in [0.25, 0.3) is 0 Å². The van der Waals surface area contributed by atoms with E-state index in [4.69, 9.17) is 17.1 Å². The molecule has 0 aliphatic heterocycles. The molecule has 0 heterocycles. The predicted molar refractivity (Wildman–Crippen MR) is 29.5 cm³/mol. The molecule has 0 bridgehead atoms. The first-order valence-electron chi connectivity index (χ1n) is 1.95. The highest BCUT2D eigenvalue weighted by Gasteiger charge is 1.92. The lowest BCUT2D eigenvalue weighted by Crippen LogP contribution is -1.90. The van der Waals surface area contributed by atoms with Crippen LogP contribution >= 0.6 is 11.6 Å². The monoisotopic (exact) mass is 133 g/mol. The van der Waals surface area contributed by atoms with Crippen LogP contribution < -0.4 is 0 Å². The Labute approximate surface area is 51.1 Å². The number of amides is 1. The molecule has 0 aromatic heterocycles. The third-order valence-electron chi connectivity index (χ3n) is 0.465. The van der Waals surface area contributed by atoms with Gasteiger partial charge in [-0.1, -0.05) is 0 Å². The highest BCUT2D eigenvalue weighted by atomic mass is 35.5. The van der Waals surface area contributed by atoms with Crippen molar-refractivity contribution in [2.45, 2.75) is 6.42 Å². The summed E-state index contributed by atoms with van der Waals surface area (Å²) in [6, 6.07) is 0. The second-order valence-corrected chi connectivity index (χ2v) is 1.40. The minimum Gasteiger partial charge on any atom is -0.293 e. The van der Waals surface area contributed by atoms with E-state index in [9.17, 15) is 4.79 Å². The molecule has 1 amide bonds. The molecule has 0 atom stereocenters. The van der Waals surface area contributed by atoms with Crippen molar-refractivity contribution >= 4 is 17.5 Å². The summed E-state index contributed by atoms with van der Waals surface area (Å²) in [6.07, 6.45) is 0.117. The molecule has 0 aliphatic carbocycles. The summed E-state index contributed by atoms with van der Waals surface area (Å²) in [5, 5.41) is 2.77. The lowest BCUT2D eigenvalue weighted by Gasteiger charge is -1.80. The molecule has 0 aliphatic rings. The predicted octanol–water partition coefficient (Wildman–Crippen LogP) is 1.45. The Hall–Kier alpha value is -0.730. The Bertz CT molecular complexity index is 128. The van der Waals surface area contributed by atoms with Crippen LogP contribution in [0.25, 0.3) is 10.4 Å². The van der Waals surface area contributed by atoms with Crippen molar-refractivity contribution in [2.75, 3.05) is 5.88 Å². The molecular formula is C3H4ClN3O. The van der Waals surface area contributed by atoms with E-state index < -0.39 is 5.91 Å². The fraction of sp³-hybridized carbons (Fsp3) is 0.667. The quantitative estimate of drug-likeness (QED) is 0.243. The van der Waals surface area contributed by atoms with Crippen LogP contribution in [0.1, 0.15) is 6.42 Å². The van der Waals surface area contributed by atoms with Crippen LogP contribution in [-0.4, -0.2) is 11.8 Å². The van der Waals surface area contributed by atoms with Gasteiger partial charge in [-0.25, -0.2) is 0 Å². The fourth-order valence-corrected chi connectivity index (χ4v) is 0.342. The number of rotatable bonds is 2. The Morgan fingerprint density at radius 1 is 1.88 bits per heavy atom. The molecule has 0 fully saturated rings. The van der Waals surface area contributed by atoms with Gasteiger partial charge in [-0.15, -0.1) is 11.6 Å². The van der Waals surface area contributed by atoms with Crippen LogP contribution in [-0.2, 0) is 4.79 Å². The Balaban J connectivity index is 3.49. The first-order chi connectivity index (χ1) is 3.81. The SMILES string of the molecule is [N-]=[N+]=NC(=O)CCCl. The Morgan fingerprint density at radius 2 is 2.50 bits per heavy atom. The van der Waals surface area contributed by atoms with E-state index in [1.54, 1.807) is 0 Å². The van der Waals surface area contributed by atoms with Gasteiger partial charge in [0.05, 0.1) is 0 Å². The van der Waals surface area contributed by atoms with Gasteiger partial charge >= 0.3 is 0 Å². The maximum atomic E-state index is 10.1. The van der Waals surface area contributed by atoms with Gasteiger partial charge in [-0.05, 0) is 10.6 Å². The smallest absolute Gasteiger partial charge is 0.220 e. The highest BCUT2D eigenvalue weighted by Crippen LogP contribution is 1.87. The number of alkyl halides is 1. The molecule has 0 unspecified atom stereocenters. The summed E-state index contributed by atoms with van der Waals surface area (Å²) >= 11 is 5.13. The number of hydrogen-bond donors (Lipinski definition) is 0. The van der Waals surface area contributed by atoms with Crippen molar-refractivity contribution in [3.05, 3.63) is 10.4 Å². The second-order valence-electron chi connectivity index (χ2n) is 1.02. The van der Waals surface area contributed by atoms with Gasteiger partial charge in [-0.3, -0.25) is 4.79 Å². The Kier molecular flexibility index (Phi) is 4.03. The fourth-order valence-electron chi connectivity index (χ4n) is 0.181. The maximum absolute atomic E-state index is 10.1. The number of halogens is 1. The Morgan fingerprint density at radius 3 is 2.88 bits per heavy atom. The largest absolute Gasteiger partial charge is 0.293 e. The molecule has 0 N–H and O–H groups in total. The van der Waals surface area contributed by atoms with Crippen LogP contribution in [0, 0.1) is 0 Å². The third-order valence-corrected chi connectivity index (χ3v) is 0.654. The number of carbonyl (C=O) groups excluding carboxylic acids is 1. The van der Waals surface area contributed by atoms with E-state index >= 15 is 0 Å². The van der Waals surface area contributed by atoms with Crippen molar-refractivity contribution in [3.63, 3.8) is 0 Å². The van der Waals surface area contributed by atoms with Gasteiger partial charge in [0.2, 0.25) is 5.91 Å².